The molecule has 0 aromatic rings. The summed E-state index contributed by atoms with van der Waals surface area (Å²) in [5.41, 5.74) is 0. The molecule has 2 atom stereocenters. The highest BCUT2D eigenvalue weighted by Crippen LogP contribution is 2.17. The van der Waals surface area contributed by atoms with E-state index < -0.39 is 0 Å². The van der Waals surface area contributed by atoms with Crippen molar-refractivity contribution in [1.82, 2.24) is 16.0 Å². The Morgan fingerprint density at radius 3 is 1.67 bits per heavy atom. The first-order valence-corrected chi connectivity index (χ1v) is 6.71. The summed E-state index contributed by atoms with van der Waals surface area (Å²) in [7, 11) is 0. The molecule has 18 heavy (non-hydrogen) atoms. The lowest BCUT2D eigenvalue weighted by molar-refractivity contribution is -0.130. The largest absolute Gasteiger partial charge is 0.354 e. The Balaban J connectivity index is 2.50. The SMILES string of the molecule is CC(C)NC(=O)C1CNCC(C(=O)NC(C)C)C1. The lowest BCUT2D eigenvalue weighted by Gasteiger charge is -2.29. The van der Waals surface area contributed by atoms with Crippen LogP contribution in [0.25, 0.3) is 0 Å². The highest BCUT2D eigenvalue weighted by Gasteiger charge is 2.31. The molecule has 1 saturated heterocycles. The van der Waals surface area contributed by atoms with Crippen LogP contribution in [0.2, 0.25) is 0 Å². The van der Waals surface area contributed by atoms with Crippen LogP contribution in [0.15, 0.2) is 0 Å². The van der Waals surface area contributed by atoms with Crippen LogP contribution in [0.4, 0.5) is 0 Å². The number of carbonyl (C=O) groups excluding carboxylic acids is 2. The van der Waals surface area contributed by atoms with Gasteiger partial charge in [0, 0.05) is 25.2 Å². The molecule has 2 amide bonds. The van der Waals surface area contributed by atoms with Gasteiger partial charge in [0.25, 0.3) is 0 Å². The van der Waals surface area contributed by atoms with Crippen LogP contribution in [0.3, 0.4) is 0 Å². The molecule has 5 nitrogen and oxygen atoms in total. The number of rotatable bonds is 4. The molecular formula is C13H25N3O2. The second-order valence-electron chi connectivity index (χ2n) is 5.61. The molecule has 0 aromatic carbocycles. The average molecular weight is 255 g/mol. The summed E-state index contributed by atoms with van der Waals surface area (Å²) < 4.78 is 0. The van der Waals surface area contributed by atoms with Crippen molar-refractivity contribution in [2.75, 3.05) is 13.1 Å². The highest BCUT2D eigenvalue weighted by molar-refractivity contribution is 5.83. The second kappa shape index (κ2) is 6.73. The maximum absolute atomic E-state index is 11.9. The maximum atomic E-state index is 11.9. The molecule has 1 rings (SSSR count). The van der Waals surface area contributed by atoms with E-state index in [1.165, 1.54) is 0 Å². The van der Waals surface area contributed by atoms with Crippen molar-refractivity contribution >= 4 is 11.8 Å². The fourth-order valence-electron chi connectivity index (χ4n) is 2.15. The zero-order valence-electron chi connectivity index (χ0n) is 11.7. The predicted octanol–water partition coefficient (Wildman–Crippen LogP) is 0.261. The fraction of sp³-hybridized carbons (Fsp3) is 0.846. The smallest absolute Gasteiger partial charge is 0.224 e. The predicted molar refractivity (Wildman–Crippen MR) is 71.0 cm³/mol. The molecule has 0 spiro atoms. The zero-order valence-corrected chi connectivity index (χ0v) is 11.7. The third kappa shape index (κ3) is 4.64. The summed E-state index contributed by atoms with van der Waals surface area (Å²) in [6.45, 7) is 9.08. The Labute approximate surface area is 109 Å². The van der Waals surface area contributed by atoms with E-state index in [0.29, 0.717) is 19.5 Å². The Hall–Kier alpha value is -1.10. The van der Waals surface area contributed by atoms with Crippen molar-refractivity contribution < 1.29 is 9.59 Å². The van der Waals surface area contributed by atoms with Crippen molar-refractivity contribution in [2.45, 2.75) is 46.2 Å². The van der Waals surface area contributed by atoms with Crippen molar-refractivity contribution in [1.29, 1.82) is 0 Å². The summed E-state index contributed by atoms with van der Waals surface area (Å²) in [6.07, 6.45) is 0.629. The monoisotopic (exact) mass is 255 g/mol. The number of nitrogens with one attached hydrogen (secondary N) is 3. The number of hydrogen-bond acceptors (Lipinski definition) is 3. The van der Waals surface area contributed by atoms with Gasteiger partial charge in [0.15, 0.2) is 0 Å². The first-order chi connectivity index (χ1) is 8.40. The van der Waals surface area contributed by atoms with Gasteiger partial charge in [-0.15, -0.1) is 0 Å². The van der Waals surface area contributed by atoms with Gasteiger partial charge in [-0.1, -0.05) is 0 Å². The average Bonchev–Trinajstić information content (AvgIpc) is 2.27. The topological polar surface area (TPSA) is 70.2 Å². The summed E-state index contributed by atoms with van der Waals surface area (Å²) in [5, 5.41) is 8.98. The minimum atomic E-state index is -0.107. The van der Waals surface area contributed by atoms with Gasteiger partial charge in [0.1, 0.15) is 0 Å². The van der Waals surface area contributed by atoms with E-state index in [2.05, 4.69) is 16.0 Å². The summed E-state index contributed by atoms with van der Waals surface area (Å²) in [4.78, 5) is 23.8. The van der Waals surface area contributed by atoms with E-state index in [1.807, 2.05) is 27.7 Å². The summed E-state index contributed by atoms with van der Waals surface area (Å²) >= 11 is 0. The van der Waals surface area contributed by atoms with Crippen molar-refractivity contribution in [3.63, 3.8) is 0 Å². The van der Waals surface area contributed by atoms with Gasteiger partial charge in [-0.2, -0.15) is 0 Å². The first kappa shape index (κ1) is 15.0. The molecule has 1 heterocycles. The summed E-state index contributed by atoms with van der Waals surface area (Å²) in [6, 6.07) is 0.282. The van der Waals surface area contributed by atoms with E-state index in [-0.39, 0.29) is 35.7 Å². The quantitative estimate of drug-likeness (QED) is 0.675. The highest BCUT2D eigenvalue weighted by atomic mass is 16.2. The number of piperidine rings is 1. The normalized spacial score (nSPS) is 24.1. The molecular weight excluding hydrogens is 230 g/mol. The molecule has 2 unspecified atom stereocenters. The molecule has 1 aliphatic heterocycles. The molecule has 0 bridgehead atoms. The Bertz CT molecular complexity index is 275. The van der Waals surface area contributed by atoms with E-state index >= 15 is 0 Å². The molecule has 1 aliphatic rings. The maximum Gasteiger partial charge on any atom is 0.224 e. The minimum absolute atomic E-state index is 0.0412. The van der Waals surface area contributed by atoms with Gasteiger partial charge in [-0.05, 0) is 34.1 Å². The number of amides is 2. The van der Waals surface area contributed by atoms with Crippen LogP contribution >= 0.6 is 0 Å². The van der Waals surface area contributed by atoms with Crippen LogP contribution in [0, 0.1) is 11.8 Å². The standard InChI is InChI=1S/C13H25N3O2/c1-8(2)15-12(17)10-5-11(7-14-6-10)13(18)16-9(3)4/h8-11,14H,5-7H2,1-4H3,(H,15,17)(H,16,18). The van der Waals surface area contributed by atoms with Crippen molar-refractivity contribution in [3.8, 4) is 0 Å². The Morgan fingerprint density at radius 1 is 0.944 bits per heavy atom. The summed E-state index contributed by atoms with van der Waals surface area (Å²) in [5.74, 6) is -0.132. The van der Waals surface area contributed by atoms with E-state index in [1.54, 1.807) is 0 Å². The van der Waals surface area contributed by atoms with E-state index in [4.69, 9.17) is 0 Å². The van der Waals surface area contributed by atoms with Crippen LogP contribution < -0.4 is 16.0 Å². The molecule has 1 fully saturated rings. The number of carbonyl (C=O) groups is 2. The first-order valence-electron chi connectivity index (χ1n) is 6.71. The van der Waals surface area contributed by atoms with Crippen molar-refractivity contribution in [2.24, 2.45) is 11.8 Å². The van der Waals surface area contributed by atoms with Gasteiger partial charge < -0.3 is 16.0 Å². The third-order valence-corrected chi connectivity index (χ3v) is 2.95. The zero-order chi connectivity index (χ0) is 13.7. The molecule has 0 saturated carbocycles. The van der Waals surface area contributed by atoms with Crippen LogP contribution in [0.1, 0.15) is 34.1 Å². The van der Waals surface area contributed by atoms with E-state index in [9.17, 15) is 9.59 Å². The lowest BCUT2D eigenvalue weighted by atomic mass is 9.89. The van der Waals surface area contributed by atoms with Crippen LogP contribution in [-0.4, -0.2) is 37.0 Å². The molecule has 0 aromatic heterocycles. The molecule has 0 aliphatic carbocycles. The van der Waals surface area contributed by atoms with Gasteiger partial charge in [-0.3, -0.25) is 9.59 Å². The minimum Gasteiger partial charge on any atom is -0.354 e. The van der Waals surface area contributed by atoms with Gasteiger partial charge in [-0.25, -0.2) is 0 Å². The second-order valence-corrected chi connectivity index (χ2v) is 5.61. The van der Waals surface area contributed by atoms with Gasteiger partial charge in [0.05, 0.1) is 11.8 Å². The van der Waals surface area contributed by atoms with Crippen LogP contribution in [-0.2, 0) is 9.59 Å². The lowest BCUT2D eigenvalue weighted by Crippen LogP contribution is -2.50. The third-order valence-electron chi connectivity index (χ3n) is 2.95. The van der Waals surface area contributed by atoms with Gasteiger partial charge >= 0.3 is 0 Å². The molecule has 104 valence electrons. The molecule has 5 heteroatoms. The fourth-order valence-corrected chi connectivity index (χ4v) is 2.15. The Morgan fingerprint density at radius 2 is 1.33 bits per heavy atom. The molecule has 0 radical (unpaired) electrons. The molecule has 3 N–H and O–H groups in total. The van der Waals surface area contributed by atoms with Crippen LogP contribution in [0.5, 0.6) is 0 Å². The van der Waals surface area contributed by atoms with Crippen molar-refractivity contribution in [3.05, 3.63) is 0 Å². The van der Waals surface area contributed by atoms with E-state index in [0.717, 1.165) is 0 Å². The Kier molecular flexibility index (Phi) is 5.59. The van der Waals surface area contributed by atoms with Gasteiger partial charge in [0.2, 0.25) is 11.8 Å². The number of hydrogen-bond donors (Lipinski definition) is 3.